The fraction of sp³-hybridized carbons (Fsp3) is 0.304. The van der Waals surface area contributed by atoms with Crippen molar-refractivity contribution in [2.45, 2.75) is 27.7 Å². The lowest BCUT2D eigenvalue weighted by molar-refractivity contribution is -0.166. The predicted octanol–water partition coefficient (Wildman–Crippen LogP) is 2.69. The van der Waals surface area contributed by atoms with Crippen LogP contribution in [0.4, 0.5) is 5.69 Å². The molecule has 4 fully saturated rings. The fourth-order valence-corrected chi connectivity index (χ4v) is 9.77. The molecule has 4 atom stereocenters. The second kappa shape index (κ2) is 5.84. The van der Waals surface area contributed by atoms with Crippen molar-refractivity contribution in [3.05, 3.63) is 65.9 Å². The lowest BCUT2D eigenvalue weighted by atomic mass is 9.72. The van der Waals surface area contributed by atoms with Gasteiger partial charge in [0.05, 0.1) is 12.0 Å². The van der Waals surface area contributed by atoms with E-state index in [0.717, 1.165) is 27.7 Å². The molecule has 8 rings (SSSR count). The molecule has 0 aliphatic carbocycles. The number of rotatable bonds is 2. The Labute approximate surface area is 191 Å². The number of carbonyl (C=O) groups is 2. The Hall–Kier alpha value is -2.62. The highest BCUT2D eigenvalue weighted by atomic mass is 33.1. The molecule has 0 saturated carbocycles. The van der Waals surface area contributed by atoms with Crippen LogP contribution >= 0.6 is 21.6 Å². The molecule has 3 N–H and O–H groups in total. The molecule has 9 heteroatoms. The van der Waals surface area contributed by atoms with Crippen LogP contribution < -0.4 is 5.32 Å². The summed E-state index contributed by atoms with van der Waals surface area (Å²) in [6.07, 6.45) is 2.06. The zero-order valence-electron chi connectivity index (χ0n) is 17.2. The summed E-state index contributed by atoms with van der Waals surface area (Å²) in [6, 6.07) is 16.3. The highest BCUT2D eigenvalue weighted by Crippen LogP contribution is 2.70. The minimum atomic E-state index is -1.30. The minimum Gasteiger partial charge on any atom is -0.392 e. The summed E-state index contributed by atoms with van der Waals surface area (Å²) >= 11 is 0. The topological polar surface area (TPSA) is 88.7 Å². The first kappa shape index (κ1) is 18.9. The number of likely N-dealkylation sites (N-methyl/N-ethyl adjacent to an activating group) is 1. The predicted molar refractivity (Wildman–Crippen MR) is 125 cm³/mol. The molecule has 2 amide bonds. The number of aliphatic hydroxyl groups is 1. The number of piperazine rings is 1. The Morgan fingerprint density at radius 2 is 1.84 bits per heavy atom. The van der Waals surface area contributed by atoms with Crippen LogP contribution in [-0.4, -0.2) is 61.3 Å². The number of hydrogen-bond acceptors (Lipinski definition) is 6. The third kappa shape index (κ3) is 1.82. The van der Waals surface area contributed by atoms with Gasteiger partial charge in [-0.2, -0.15) is 0 Å². The molecule has 162 valence electrons. The van der Waals surface area contributed by atoms with E-state index in [1.807, 2.05) is 42.6 Å². The Morgan fingerprint density at radius 3 is 2.69 bits per heavy atom. The molecule has 1 spiro atoms. The van der Waals surface area contributed by atoms with E-state index < -0.39 is 27.9 Å². The average Bonchev–Trinajstić information content (AvgIpc) is 3.46. The number of benzene rings is 2. The van der Waals surface area contributed by atoms with Crippen molar-refractivity contribution in [1.82, 2.24) is 14.8 Å². The van der Waals surface area contributed by atoms with Crippen molar-refractivity contribution < 1.29 is 14.7 Å². The third-order valence-electron chi connectivity index (χ3n) is 7.67. The second-order valence-corrected chi connectivity index (χ2v) is 11.6. The van der Waals surface area contributed by atoms with Crippen molar-refractivity contribution in [2.24, 2.45) is 0 Å². The van der Waals surface area contributed by atoms with Crippen LogP contribution in [0.1, 0.15) is 17.5 Å². The van der Waals surface area contributed by atoms with E-state index in [1.165, 1.54) is 26.5 Å². The Morgan fingerprint density at radius 1 is 1.06 bits per heavy atom. The molecule has 4 saturated heterocycles. The standard InChI is InChI=1S/C23H20N4O3S2/c1-26-19(29)22-11-21(15-10-24-16-8-4-2-6-13(15)16)14-7-3-5-9-17(14)25-18(21)27(22)20(30)23(26,12-28)32-31-22/h2-10,18,24-25,28H,11-12H2,1H3/t18-,21-,22+,23-/m1/s1. The molecule has 7 nitrogen and oxygen atoms in total. The summed E-state index contributed by atoms with van der Waals surface area (Å²) in [7, 11) is 4.37. The van der Waals surface area contributed by atoms with E-state index in [1.54, 1.807) is 11.9 Å². The highest BCUT2D eigenvalue weighted by Gasteiger charge is 2.78. The summed E-state index contributed by atoms with van der Waals surface area (Å²) in [6.45, 7) is -0.419. The summed E-state index contributed by atoms with van der Waals surface area (Å²) in [4.78, 5) is 32.0. The van der Waals surface area contributed by atoms with Crippen LogP contribution in [0, 0.1) is 0 Å². The number of hydrogen-bond donors (Lipinski definition) is 3. The molecule has 3 aromatic rings. The van der Waals surface area contributed by atoms with Gasteiger partial charge in [0, 0.05) is 36.3 Å². The summed E-state index contributed by atoms with van der Waals surface area (Å²) in [5.74, 6) is -0.333. The smallest absolute Gasteiger partial charge is 0.265 e. The number of nitrogens with one attached hydrogen (secondary N) is 2. The first-order valence-corrected chi connectivity index (χ1v) is 12.7. The molecular formula is C23H20N4O3S2. The maximum Gasteiger partial charge on any atom is 0.265 e. The Kier molecular flexibility index (Phi) is 3.45. The number of anilines is 1. The lowest BCUT2D eigenvalue weighted by Gasteiger charge is -2.57. The number of carbonyl (C=O) groups excluding carboxylic acids is 2. The van der Waals surface area contributed by atoms with Gasteiger partial charge in [0.2, 0.25) is 4.87 Å². The fourth-order valence-electron chi connectivity index (χ4n) is 6.14. The number of aromatic nitrogens is 1. The molecule has 2 bridgehead atoms. The normalized spacial score (nSPS) is 34.6. The molecule has 5 aliphatic heterocycles. The molecule has 32 heavy (non-hydrogen) atoms. The zero-order chi connectivity index (χ0) is 21.9. The largest absolute Gasteiger partial charge is 0.392 e. The van der Waals surface area contributed by atoms with Gasteiger partial charge in [0.15, 0.2) is 4.87 Å². The quantitative estimate of drug-likeness (QED) is 0.506. The summed E-state index contributed by atoms with van der Waals surface area (Å²) in [5, 5.41) is 14.9. The maximum atomic E-state index is 13.9. The van der Waals surface area contributed by atoms with Crippen molar-refractivity contribution in [2.75, 3.05) is 19.0 Å². The highest BCUT2D eigenvalue weighted by molar-refractivity contribution is 8.78. The van der Waals surface area contributed by atoms with Crippen LogP contribution in [0.15, 0.2) is 54.7 Å². The molecule has 0 radical (unpaired) electrons. The molecule has 6 heterocycles. The summed E-state index contributed by atoms with van der Waals surface area (Å²) < 4.78 is 0. The van der Waals surface area contributed by atoms with E-state index in [-0.39, 0.29) is 11.8 Å². The van der Waals surface area contributed by atoms with Gasteiger partial charge < -0.3 is 20.3 Å². The van der Waals surface area contributed by atoms with Crippen LogP contribution in [-0.2, 0) is 15.0 Å². The SMILES string of the molecule is CN1C(=O)[C@@]23C[C@]4(c5c[nH]c6ccccc56)c5ccccc5N[C@@H]4N2C(=O)[C@@]1(CO)SS3. The number of amides is 2. The number of nitrogens with zero attached hydrogens (tertiary/aromatic N) is 2. The van der Waals surface area contributed by atoms with Gasteiger partial charge in [0.25, 0.3) is 11.8 Å². The van der Waals surface area contributed by atoms with Gasteiger partial charge in [0.1, 0.15) is 6.17 Å². The Balaban J connectivity index is 1.54. The van der Waals surface area contributed by atoms with E-state index >= 15 is 0 Å². The van der Waals surface area contributed by atoms with E-state index in [2.05, 4.69) is 22.4 Å². The van der Waals surface area contributed by atoms with Crippen LogP contribution in [0.25, 0.3) is 10.9 Å². The molecule has 0 unspecified atom stereocenters. The monoisotopic (exact) mass is 464 g/mol. The van der Waals surface area contributed by atoms with Gasteiger partial charge in [-0.1, -0.05) is 47.2 Å². The van der Waals surface area contributed by atoms with E-state index in [4.69, 9.17) is 0 Å². The number of H-pyrrole nitrogens is 1. The van der Waals surface area contributed by atoms with Gasteiger partial charge >= 0.3 is 0 Å². The van der Waals surface area contributed by atoms with Gasteiger partial charge in [-0.05, 0) is 34.1 Å². The third-order valence-corrected chi connectivity index (χ3v) is 11.3. The van der Waals surface area contributed by atoms with E-state index in [0.29, 0.717) is 6.42 Å². The van der Waals surface area contributed by atoms with E-state index in [9.17, 15) is 14.7 Å². The number of fused-ring (bicyclic) bond motifs is 6. The summed E-state index contributed by atoms with van der Waals surface area (Å²) in [5.41, 5.74) is 3.56. The maximum absolute atomic E-state index is 13.9. The van der Waals surface area contributed by atoms with Gasteiger partial charge in [-0.25, -0.2) is 0 Å². The first-order chi connectivity index (χ1) is 15.5. The molecule has 5 aliphatic rings. The second-order valence-electron chi connectivity index (χ2n) is 8.92. The van der Waals surface area contributed by atoms with Crippen LogP contribution in [0.3, 0.4) is 0 Å². The molecule has 1 aromatic heterocycles. The zero-order valence-corrected chi connectivity index (χ0v) is 18.8. The number of aliphatic hydroxyl groups excluding tert-OH is 1. The van der Waals surface area contributed by atoms with Crippen molar-refractivity contribution in [3.63, 3.8) is 0 Å². The van der Waals surface area contributed by atoms with Crippen molar-refractivity contribution in [3.8, 4) is 0 Å². The Bertz CT molecular complexity index is 1340. The van der Waals surface area contributed by atoms with Gasteiger partial charge in [-0.15, -0.1) is 0 Å². The first-order valence-electron chi connectivity index (χ1n) is 10.5. The molecular weight excluding hydrogens is 444 g/mol. The van der Waals surface area contributed by atoms with Crippen LogP contribution in [0.5, 0.6) is 0 Å². The van der Waals surface area contributed by atoms with Crippen molar-refractivity contribution >= 4 is 50.0 Å². The average molecular weight is 465 g/mol. The van der Waals surface area contributed by atoms with Crippen LogP contribution in [0.2, 0.25) is 0 Å². The molecule has 2 aromatic carbocycles. The minimum absolute atomic E-state index is 0.122. The van der Waals surface area contributed by atoms with Gasteiger partial charge in [-0.3, -0.25) is 14.5 Å². The van der Waals surface area contributed by atoms with Crippen molar-refractivity contribution in [1.29, 1.82) is 0 Å². The number of aromatic amines is 1. The lowest BCUT2D eigenvalue weighted by Crippen LogP contribution is -2.77. The number of para-hydroxylation sites is 2.